The highest BCUT2D eigenvalue weighted by Gasteiger charge is 2.15. The number of benzene rings is 4. The molecule has 5 nitrogen and oxygen atoms in total. The van der Waals surface area contributed by atoms with Gasteiger partial charge in [-0.1, -0.05) is 97.1 Å². The molecule has 0 saturated carbocycles. The predicted molar refractivity (Wildman–Crippen MR) is 134 cm³/mol. The van der Waals surface area contributed by atoms with Crippen LogP contribution in [-0.4, -0.2) is 11.0 Å². The van der Waals surface area contributed by atoms with Gasteiger partial charge >= 0.3 is 5.97 Å². The van der Waals surface area contributed by atoms with Gasteiger partial charge in [-0.3, -0.25) is 0 Å². The van der Waals surface area contributed by atoms with E-state index >= 15 is 0 Å². The van der Waals surface area contributed by atoms with Gasteiger partial charge in [-0.15, -0.1) is 5.06 Å². The summed E-state index contributed by atoms with van der Waals surface area (Å²) < 4.78 is 5.89. The average molecular weight is 453 g/mol. The Hall–Kier alpha value is -4.09. The predicted octanol–water partition coefficient (Wildman–Crippen LogP) is 5.55. The van der Waals surface area contributed by atoms with Crippen LogP contribution in [0.4, 0.5) is 5.69 Å². The van der Waals surface area contributed by atoms with Gasteiger partial charge in [0.05, 0.1) is 25.2 Å². The first-order valence-electron chi connectivity index (χ1n) is 11.2. The van der Waals surface area contributed by atoms with Crippen molar-refractivity contribution in [1.82, 2.24) is 5.06 Å². The van der Waals surface area contributed by atoms with Crippen molar-refractivity contribution in [2.45, 2.75) is 26.1 Å². The van der Waals surface area contributed by atoms with Crippen LogP contribution in [0.5, 0.6) is 5.75 Å². The fourth-order valence-electron chi connectivity index (χ4n) is 3.61. The Morgan fingerprint density at radius 3 is 1.85 bits per heavy atom. The second-order valence-corrected chi connectivity index (χ2v) is 8.06. The Kier molecular flexibility index (Phi) is 7.93. The molecule has 4 aromatic carbocycles. The molecule has 0 fully saturated rings. The van der Waals surface area contributed by atoms with Crippen LogP contribution in [0.2, 0.25) is 0 Å². The van der Waals surface area contributed by atoms with E-state index in [0.717, 1.165) is 22.3 Å². The largest absolute Gasteiger partial charge is 0.487 e. The van der Waals surface area contributed by atoms with E-state index in [-0.39, 0.29) is 12.4 Å². The summed E-state index contributed by atoms with van der Waals surface area (Å²) in [5, 5.41) is 1.67. The van der Waals surface area contributed by atoms with Crippen LogP contribution in [0.1, 0.15) is 22.3 Å². The Morgan fingerprint density at radius 1 is 0.676 bits per heavy atom. The van der Waals surface area contributed by atoms with Crippen molar-refractivity contribution in [2.24, 2.45) is 0 Å². The van der Waals surface area contributed by atoms with Crippen LogP contribution >= 0.6 is 0 Å². The molecular formula is C29H28N2O3. The lowest BCUT2D eigenvalue weighted by atomic mass is 10.1. The summed E-state index contributed by atoms with van der Waals surface area (Å²) in [5.74, 6) is 0.321. The molecule has 0 aliphatic rings. The Morgan fingerprint density at radius 2 is 1.24 bits per heavy atom. The van der Waals surface area contributed by atoms with Crippen molar-refractivity contribution >= 4 is 11.7 Å². The van der Waals surface area contributed by atoms with E-state index in [0.29, 0.717) is 31.1 Å². The standard InChI is InChI=1S/C29H28N2O3/c30-27-18-26(16-17-28(27)33-22-25-14-8-3-9-15-25)21-31(20-24-12-6-2-7-13-24)34-29(32)19-23-10-4-1-5-11-23/h1-18H,19-22,30H2. The highest BCUT2D eigenvalue weighted by Crippen LogP contribution is 2.25. The number of carbonyl (C=O) groups excluding carboxylic acids is 1. The van der Waals surface area contributed by atoms with E-state index in [4.69, 9.17) is 15.3 Å². The smallest absolute Gasteiger partial charge is 0.329 e. The summed E-state index contributed by atoms with van der Waals surface area (Å²) in [6.45, 7) is 1.31. The molecule has 4 aromatic rings. The van der Waals surface area contributed by atoms with Crippen molar-refractivity contribution in [2.75, 3.05) is 5.73 Å². The van der Waals surface area contributed by atoms with Crippen molar-refractivity contribution in [1.29, 1.82) is 0 Å². The zero-order chi connectivity index (χ0) is 23.6. The molecule has 0 amide bonds. The van der Waals surface area contributed by atoms with Gasteiger partial charge in [-0.05, 0) is 34.4 Å². The minimum Gasteiger partial charge on any atom is -0.487 e. The first-order chi connectivity index (χ1) is 16.7. The molecule has 0 aromatic heterocycles. The van der Waals surface area contributed by atoms with E-state index in [2.05, 4.69) is 0 Å². The monoisotopic (exact) mass is 452 g/mol. The van der Waals surface area contributed by atoms with E-state index in [1.54, 1.807) is 5.06 Å². The van der Waals surface area contributed by atoms with Crippen LogP contribution in [0, 0.1) is 0 Å². The molecule has 2 N–H and O–H groups in total. The first-order valence-corrected chi connectivity index (χ1v) is 11.2. The summed E-state index contributed by atoms with van der Waals surface area (Å²) in [5.41, 5.74) is 10.8. The number of nitrogens with two attached hydrogens (primary N) is 1. The molecule has 0 aliphatic carbocycles. The quantitative estimate of drug-likeness (QED) is 0.252. The maximum absolute atomic E-state index is 12.6. The zero-order valence-electron chi connectivity index (χ0n) is 19.0. The van der Waals surface area contributed by atoms with Gasteiger partial charge < -0.3 is 15.3 Å². The van der Waals surface area contributed by atoms with E-state index in [1.807, 2.05) is 109 Å². The van der Waals surface area contributed by atoms with Gasteiger partial charge in [0.25, 0.3) is 0 Å². The second-order valence-electron chi connectivity index (χ2n) is 8.06. The summed E-state index contributed by atoms with van der Waals surface area (Å²) in [4.78, 5) is 18.4. The minimum atomic E-state index is -0.307. The molecule has 0 atom stereocenters. The second kappa shape index (κ2) is 11.7. The highest BCUT2D eigenvalue weighted by molar-refractivity contribution is 5.72. The number of anilines is 1. The van der Waals surface area contributed by atoms with Gasteiger partial charge in [0, 0.05) is 0 Å². The summed E-state index contributed by atoms with van der Waals surface area (Å²) in [7, 11) is 0. The summed E-state index contributed by atoms with van der Waals surface area (Å²) in [6, 6.07) is 35.1. The number of hydrogen-bond acceptors (Lipinski definition) is 5. The van der Waals surface area contributed by atoms with E-state index in [1.165, 1.54) is 0 Å². The molecule has 0 heterocycles. The maximum atomic E-state index is 12.6. The third-order valence-electron chi connectivity index (χ3n) is 5.29. The fraction of sp³-hybridized carbons (Fsp3) is 0.138. The van der Waals surface area contributed by atoms with E-state index < -0.39 is 0 Å². The number of nitrogen functional groups attached to an aromatic ring is 1. The maximum Gasteiger partial charge on any atom is 0.329 e. The topological polar surface area (TPSA) is 64.8 Å². The molecule has 0 aliphatic heterocycles. The molecule has 34 heavy (non-hydrogen) atoms. The van der Waals surface area contributed by atoms with Crippen molar-refractivity contribution in [3.8, 4) is 5.75 Å². The van der Waals surface area contributed by atoms with Crippen molar-refractivity contribution in [3.63, 3.8) is 0 Å². The summed E-state index contributed by atoms with van der Waals surface area (Å²) >= 11 is 0. The number of hydrogen-bond donors (Lipinski definition) is 1. The number of carbonyl (C=O) groups is 1. The number of ether oxygens (including phenoxy) is 1. The lowest BCUT2D eigenvalue weighted by Crippen LogP contribution is -2.27. The highest BCUT2D eigenvalue weighted by atomic mass is 16.7. The van der Waals surface area contributed by atoms with Gasteiger partial charge in [0.15, 0.2) is 0 Å². The van der Waals surface area contributed by atoms with Crippen LogP contribution in [0.3, 0.4) is 0 Å². The average Bonchev–Trinajstić information content (AvgIpc) is 2.85. The molecule has 172 valence electrons. The summed E-state index contributed by atoms with van der Waals surface area (Å²) in [6.07, 6.45) is 0.209. The molecule has 0 bridgehead atoms. The Bertz CT molecular complexity index is 1180. The van der Waals surface area contributed by atoms with Crippen LogP contribution in [0.25, 0.3) is 0 Å². The zero-order valence-corrected chi connectivity index (χ0v) is 19.0. The van der Waals surface area contributed by atoms with Crippen molar-refractivity contribution in [3.05, 3.63) is 131 Å². The van der Waals surface area contributed by atoms with Gasteiger partial charge in [-0.25, -0.2) is 4.79 Å². The minimum absolute atomic E-state index is 0.209. The fourth-order valence-corrected chi connectivity index (χ4v) is 3.61. The molecular weight excluding hydrogens is 424 g/mol. The van der Waals surface area contributed by atoms with Gasteiger partial charge in [0.1, 0.15) is 12.4 Å². The molecule has 0 saturated heterocycles. The van der Waals surface area contributed by atoms with Crippen LogP contribution in [-0.2, 0) is 35.7 Å². The Labute approximate surface area is 200 Å². The number of hydroxylamine groups is 2. The normalized spacial score (nSPS) is 10.7. The molecule has 0 unspecified atom stereocenters. The lowest BCUT2D eigenvalue weighted by molar-refractivity contribution is -0.196. The van der Waals surface area contributed by atoms with Crippen molar-refractivity contribution < 1.29 is 14.4 Å². The van der Waals surface area contributed by atoms with Gasteiger partial charge in [0.2, 0.25) is 0 Å². The SMILES string of the molecule is Nc1cc(CN(Cc2ccccc2)OC(=O)Cc2ccccc2)ccc1OCc1ccccc1. The third kappa shape index (κ3) is 6.95. The van der Waals surface area contributed by atoms with E-state index in [9.17, 15) is 4.79 Å². The molecule has 0 spiro atoms. The number of rotatable bonds is 10. The van der Waals surface area contributed by atoms with Crippen LogP contribution in [0.15, 0.2) is 109 Å². The lowest BCUT2D eigenvalue weighted by Gasteiger charge is -2.22. The van der Waals surface area contributed by atoms with Crippen LogP contribution < -0.4 is 10.5 Å². The Balaban J connectivity index is 1.43. The molecule has 4 rings (SSSR count). The molecule has 5 heteroatoms. The van der Waals surface area contributed by atoms with Gasteiger partial charge in [-0.2, -0.15) is 0 Å². The third-order valence-corrected chi connectivity index (χ3v) is 5.29. The molecule has 0 radical (unpaired) electrons. The number of nitrogens with zero attached hydrogens (tertiary/aromatic N) is 1. The first kappa shape index (κ1) is 23.1.